The van der Waals surface area contributed by atoms with E-state index >= 15 is 0 Å². The smallest absolute Gasteiger partial charge is 0.133 e. The lowest BCUT2D eigenvalue weighted by molar-refractivity contribution is 0.0458. The van der Waals surface area contributed by atoms with Crippen molar-refractivity contribution in [2.75, 3.05) is 6.61 Å². The number of furan rings is 1. The van der Waals surface area contributed by atoms with Gasteiger partial charge in [-0.25, -0.2) is 0 Å². The van der Waals surface area contributed by atoms with Crippen molar-refractivity contribution in [3.8, 4) is 0 Å². The van der Waals surface area contributed by atoms with Crippen LogP contribution in [0.25, 0.3) is 11.0 Å². The molecule has 2 atom stereocenters. The first kappa shape index (κ1) is 12.1. The molecule has 1 aromatic heterocycles. The van der Waals surface area contributed by atoms with E-state index in [-0.39, 0.29) is 6.61 Å². The van der Waals surface area contributed by atoms with Gasteiger partial charge in [0.05, 0.1) is 19.0 Å². The van der Waals surface area contributed by atoms with Crippen LogP contribution in [0.4, 0.5) is 0 Å². The highest BCUT2D eigenvalue weighted by Gasteiger charge is 2.33. The Balaban J connectivity index is 2.48. The average Bonchev–Trinajstić information content (AvgIpc) is 2.83. The second-order valence-electron chi connectivity index (χ2n) is 4.67. The second kappa shape index (κ2) is 4.51. The number of hydrogen-bond acceptors (Lipinski definition) is 3. The van der Waals surface area contributed by atoms with Gasteiger partial charge in [-0.15, -0.1) is 0 Å². The average molecular weight is 234 g/mol. The van der Waals surface area contributed by atoms with Crippen LogP contribution in [0.15, 0.2) is 34.9 Å². The van der Waals surface area contributed by atoms with Crippen molar-refractivity contribution < 1.29 is 14.6 Å². The molecule has 3 nitrogen and oxygen atoms in total. The first-order valence-corrected chi connectivity index (χ1v) is 5.88. The third-order valence-corrected chi connectivity index (χ3v) is 3.56. The first-order chi connectivity index (χ1) is 8.11. The molecule has 0 saturated heterocycles. The summed E-state index contributed by atoms with van der Waals surface area (Å²) in [6.07, 6.45) is 1.69. The maximum atomic E-state index is 10.1. The molecule has 0 aliphatic carbocycles. The molecule has 0 saturated carbocycles. The number of rotatable bonds is 4. The Labute approximate surface area is 101 Å². The van der Waals surface area contributed by atoms with Crippen LogP contribution in [0.2, 0.25) is 0 Å². The van der Waals surface area contributed by atoms with Crippen molar-refractivity contribution in [3.63, 3.8) is 0 Å². The summed E-state index contributed by atoms with van der Waals surface area (Å²) >= 11 is 0. The molecule has 0 spiro atoms. The highest BCUT2D eigenvalue weighted by atomic mass is 16.3. The molecule has 92 valence electrons. The number of benzene rings is 1. The van der Waals surface area contributed by atoms with Crippen LogP contribution >= 0.6 is 0 Å². The lowest BCUT2D eigenvalue weighted by atomic mass is 9.77. The molecule has 1 aromatic carbocycles. The zero-order valence-electron chi connectivity index (χ0n) is 10.2. The standard InChI is InChI=1S/C14H18O3/c1-3-13(16)14(2,9-15)11-4-5-12-10(8-11)6-7-17-12/h4-8,13,15-16H,3,9H2,1-2H3. The zero-order chi connectivity index (χ0) is 12.5. The van der Waals surface area contributed by atoms with Gasteiger partial charge >= 0.3 is 0 Å². The molecule has 17 heavy (non-hydrogen) atoms. The molecular weight excluding hydrogens is 216 g/mol. The molecule has 0 amide bonds. The predicted molar refractivity (Wildman–Crippen MR) is 66.9 cm³/mol. The summed E-state index contributed by atoms with van der Waals surface area (Å²) in [5.41, 5.74) is 1.13. The molecule has 2 aromatic rings. The summed E-state index contributed by atoms with van der Waals surface area (Å²) in [5.74, 6) is 0. The Kier molecular flexibility index (Phi) is 3.22. The third kappa shape index (κ3) is 1.96. The Hall–Kier alpha value is -1.32. The Morgan fingerprint density at radius 1 is 1.35 bits per heavy atom. The molecule has 0 aliphatic rings. The molecule has 0 fully saturated rings. The van der Waals surface area contributed by atoms with Crippen molar-refractivity contribution in [2.24, 2.45) is 0 Å². The summed E-state index contributed by atoms with van der Waals surface area (Å²) < 4.78 is 5.28. The van der Waals surface area contributed by atoms with E-state index in [4.69, 9.17) is 4.42 Å². The van der Waals surface area contributed by atoms with Crippen LogP contribution < -0.4 is 0 Å². The predicted octanol–water partition coefficient (Wildman–Crippen LogP) is 2.45. The van der Waals surface area contributed by atoms with Gasteiger partial charge in [0, 0.05) is 10.8 Å². The van der Waals surface area contributed by atoms with Gasteiger partial charge in [0.1, 0.15) is 5.58 Å². The molecule has 0 radical (unpaired) electrons. The minimum atomic E-state index is -0.625. The van der Waals surface area contributed by atoms with Gasteiger partial charge < -0.3 is 14.6 Å². The van der Waals surface area contributed by atoms with Gasteiger partial charge in [-0.2, -0.15) is 0 Å². The lowest BCUT2D eigenvalue weighted by Gasteiger charge is -2.32. The van der Waals surface area contributed by atoms with Crippen molar-refractivity contribution in [1.82, 2.24) is 0 Å². The van der Waals surface area contributed by atoms with Crippen LogP contribution in [-0.4, -0.2) is 22.9 Å². The highest BCUT2D eigenvalue weighted by molar-refractivity contribution is 5.78. The quantitative estimate of drug-likeness (QED) is 0.854. The lowest BCUT2D eigenvalue weighted by Crippen LogP contribution is -2.39. The Bertz CT molecular complexity index is 503. The fraction of sp³-hybridized carbons (Fsp3) is 0.429. The van der Waals surface area contributed by atoms with E-state index in [1.54, 1.807) is 6.26 Å². The number of aliphatic hydroxyl groups excluding tert-OH is 2. The zero-order valence-corrected chi connectivity index (χ0v) is 10.2. The molecule has 2 unspecified atom stereocenters. The minimum absolute atomic E-state index is 0.0780. The fourth-order valence-corrected chi connectivity index (χ4v) is 2.16. The fourth-order valence-electron chi connectivity index (χ4n) is 2.16. The monoisotopic (exact) mass is 234 g/mol. The largest absolute Gasteiger partial charge is 0.464 e. The number of fused-ring (bicyclic) bond motifs is 1. The summed E-state index contributed by atoms with van der Waals surface area (Å²) in [6, 6.07) is 7.63. The van der Waals surface area contributed by atoms with Gasteiger partial charge in [0.2, 0.25) is 0 Å². The molecule has 1 heterocycles. The van der Waals surface area contributed by atoms with Crippen molar-refractivity contribution >= 4 is 11.0 Å². The van der Waals surface area contributed by atoms with Crippen LogP contribution in [0, 0.1) is 0 Å². The van der Waals surface area contributed by atoms with Crippen LogP contribution in [0.5, 0.6) is 0 Å². The van der Waals surface area contributed by atoms with E-state index in [9.17, 15) is 10.2 Å². The van der Waals surface area contributed by atoms with E-state index in [0.717, 1.165) is 16.5 Å². The molecular formula is C14H18O3. The molecule has 3 heteroatoms. The van der Waals surface area contributed by atoms with Crippen LogP contribution in [0.1, 0.15) is 25.8 Å². The molecule has 0 aliphatic heterocycles. The van der Waals surface area contributed by atoms with E-state index in [1.165, 1.54) is 0 Å². The van der Waals surface area contributed by atoms with Gasteiger partial charge in [0.25, 0.3) is 0 Å². The second-order valence-corrected chi connectivity index (χ2v) is 4.67. The van der Waals surface area contributed by atoms with Crippen molar-refractivity contribution in [1.29, 1.82) is 0 Å². The summed E-state index contributed by atoms with van der Waals surface area (Å²) in [5, 5.41) is 20.6. The van der Waals surface area contributed by atoms with Gasteiger partial charge in [-0.1, -0.05) is 19.9 Å². The van der Waals surface area contributed by atoms with Crippen molar-refractivity contribution in [2.45, 2.75) is 31.8 Å². The van der Waals surface area contributed by atoms with Gasteiger partial charge in [-0.05, 0) is 30.2 Å². The molecule has 0 bridgehead atoms. The Morgan fingerprint density at radius 3 is 2.76 bits per heavy atom. The van der Waals surface area contributed by atoms with Crippen molar-refractivity contribution in [3.05, 3.63) is 36.1 Å². The highest BCUT2D eigenvalue weighted by Crippen LogP contribution is 2.31. The number of aliphatic hydroxyl groups is 2. The molecule has 2 rings (SSSR count). The Morgan fingerprint density at radius 2 is 2.12 bits per heavy atom. The van der Waals surface area contributed by atoms with E-state index in [0.29, 0.717) is 6.42 Å². The van der Waals surface area contributed by atoms with E-state index in [2.05, 4.69) is 0 Å². The van der Waals surface area contributed by atoms with Crippen LogP contribution in [0.3, 0.4) is 0 Å². The molecule has 2 N–H and O–H groups in total. The number of hydrogen-bond donors (Lipinski definition) is 2. The maximum absolute atomic E-state index is 10.1. The SMILES string of the molecule is CCC(O)C(C)(CO)c1ccc2occc2c1. The summed E-state index contributed by atoms with van der Waals surface area (Å²) in [6.45, 7) is 3.71. The first-order valence-electron chi connectivity index (χ1n) is 5.88. The normalized spacial score (nSPS) is 16.9. The summed E-state index contributed by atoms with van der Waals surface area (Å²) in [4.78, 5) is 0. The van der Waals surface area contributed by atoms with Gasteiger partial charge in [-0.3, -0.25) is 0 Å². The van der Waals surface area contributed by atoms with Gasteiger partial charge in [0.15, 0.2) is 0 Å². The minimum Gasteiger partial charge on any atom is -0.464 e. The summed E-state index contributed by atoms with van der Waals surface area (Å²) in [7, 11) is 0. The maximum Gasteiger partial charge on any atom is 0.133 e. The van der Waals surface area contributed by atoms with E-state index in [1.807, 2.05) is 38.1 Å². The third-order valence-electron chi connectivity index (χ3n) is 3.56. The van der Waals surface area contributed by atoms with E-state index < -0.39 is 11.5 Å². The van der Waals surface area contributed by atoms with Crippen LogP contribution in [-0.2, 0) is 5.41 Å². The topological polar surface area (TPSA) is 53.6 Å².